The number of benzene rings is 1. The second kappa shape index (κ2) is 7.97. The van der Waals surface area contributed by atoms with E-state index in [0.29, 0.717) is 21.8 Å². The summed E-state index contributed by atoms with van der Waals surface area (Å²) in [5.74, 6) is -0.321. The van der Waals surface area contributed by atoms with E-state index in [9.17, 15) is 4.79 Å². The third kappa shape index (κ3) is 4.35. The van der Waals surface area contributed by atoms with Crippen LogP contribution < -0.4 is 10.6 Å². The van der Waals surface area contributed by atoms with Crippen molar-refractivity contribution in [2.75, 3.05) is 18.4 Å². The summed E-state index contributed by atoms with van der Waals surface area (Å²) >= 11 is 11.8. The third-order valence-electron chi connectivity index (χ3n) is 3.60. The summed E-state index contributed by atoms with van der Waals surface area (Å²) in [6.45, 7) is 1.91. The molecule has 1 fully saturated rings. The molecule has 23 heavy (non-hydrogen) atoms. The number of carbonyl (C=O) groups is 1. The molecule has 0 saturated carbocycles. The van der Waals surface area contributed by atoms with E-state index in [1.54, 1.807) is 29.1 Å². The van der Waals surface area contributed by atoms with Crippen LogP contribution in [0.3, 0.4) is 0 Å². The van der Waals surface area contributed by atoms with Gasteiger partial charge in [-0.15, -0.1) is 17.5 Å². The first-order valence-electron chi connectivity index (χ1n) is 7.02. The van der Waals surface area contributed by atoms with Gasteiger partial charge in [-0.25, -0.2) is 4.68 Å². The second-order valence-corrected chi connectivity index (χ2v) is 5.96. The van der Waals surface area contributed by atoms with Crippen molar-refractivity contribution in [2.45, 2.75) is 18.9 Å². The van der Waals surface area contributed by atoms with E-state index in [0.717, 1.165) is 25.9 Å². The minimum absolute atomic E-state index is 0. The Morgan fingerprint density at radius 1 is 1.26 bits per heavy atom. The molecular formula is C14H16Cl3N5O. The van der Waals surface area contributed by atoms with E-state index >= 15 is 0 Å². The second-order valence-electron chi connectivity index (χ2n) is 5.15. The summed E-state index contributed by atoms with van der Waals surface area (Å²) in [6.07, 6.45) is 3.65. The van der Waals surface area contributed by atoms with Crippen LogP contribution in [0.4, 0.5) is 5.69 Å². The molecule has 1 aliphatic rings. The first-order chi connectivity index (χ1) is 10.6. The number of hydrogen-bond donors (Lipinski definition) is 2. The maximum Gasteiger partial charge on any atom is 0.277 e. The number of aromatic nitrogens is 3. The Bertz CT molecular complexity index is 685. The molecule has 2 N–H and O–H groups in total. The minimum atomic E-state index is -0.321. The molecule has 6 nitrogen and oxygen atoms in total. The maximum atomic E-state index is 12.2. The van der Waals surface area contributed by atoms with E-state index in [2.05, 4.69) is 20.9 Å². The topological polar surface area (TPSA) is 71.8 Å². The van der Waals surface area contributed by atoms with Crippen LogP contribution in [0.1, 0.15) is 29.4 Å². The molecule has 1 saturated heterocycles. The first-order valence-corrected chi connectivity index (χ1v) is 7.78. The monoisotopic (exact) mass is 375 g/mol. The van der Waals surface area contributed by atoms with Crippen LogP contribution in [0.25, 0.3) is 0 Å². The fourth-order valence-electron chi connectivity index (χ4n) is 2.40. The molecule has 2 heterocycles. The smallest absolute Gasteiger partial charge is 0.277 e. The van der Waals surface area contributed by atoms with Gasteiger partial charge in [-0.2, -0.15) is 0 Å². The van der Waals surface area contributed by atoms with Gasteiger partial charge in [0.15, 0.2) is 5.69 Å². The Hall–Kier alpha value is -1.34. The van der Waals surface area contributed by atoms with Crippen molar-refractivity contribution >= 4 is 47.2 Å². The largest absolute Gasteiger partial charge is 0.320 e. The lowest BCUT2D eigenvalue weighted by atomic mass is 10.1. The molecule has 3 rings (SSSR count). The molecule has 1 aromatic heterocycles. The number of nitrogens with zero attached hydrogens (tertiary/aromatic N) is 3. The van der Waals surface area contributed by atoms with Crippen molar-refractivity contribution in [1.29, 1.82) is 0 Å². The van der Waals surface area contributed by atoms with Crippen LogP contribution >= 0.6 is 35.6 Å². The van der Waals surface area contributed by atoms with Crippen molar-refractivity contribution in [3.8, 4) is 0 Å². The highest BCUT2D eigenvalue weighted by Gasteiger charge is 2.18. The van der Waals surface area contributed by atoms with E-state index < -0.39 is 0 Å². The maximum absolute atomic E-state index is 12.2. The number of piperidine rings is 1. The number of hydrogen-bond acceptors (Lipinski definition) is 4. The van der Waals surface area contributed by atoms with E-state index in [4.69, 9.17) is 23.2 Å². The van der Waals surface area contributed by atoms with Crippen molar-refractivity contribution in [3.63, 3.8) is 0 Å². The van der Waals surface area contributed by atoms with Gasteiger partial charge >= 0.3 is 0 Å². The molecule has 2 aromatic rings. The summed E-state index contributed by atoms with van der Waals surface area (Å²) < 4.78 is 1.77. The van der Waals surface area contributed by atoms with E-state index in [1.165, 1.54) is 0 Å². The first kappa shape index (κ1) is 18.0. The van der Waals surface area contributed by atoms with Crippen LogP contribution in [-0.4, -0.2) is 34.0 Å². The molecule has 0 radical (unpaired) electrons. The molecular weight excluding hydrogens is 361 g/mol. The predicted octanol–water partition coefficient (Wildman–Crippen LogP) is 3.18. The quantitative estimate of drug-likeness (QED) is 0.863. The highest BCUT2D eigenvalue weighted by atomic mass is 35.5. The van der Waals surface area contributed by atoms with Gasteiger partial charge in [-0.05, 0) is 44.1 Å². The number of anilines is 1. The third-order valence-corrected chi connectivity index (χ3v) is 4.34. The average molecular weight is 377 g/mol. The normalized spacial score (nSPS) is 15.0. The lowest BCUT2D eigenvalue weighted by Crippen LogP contribution is -2.29. The number of rotatable bonds is 3. The van der Waals surface area contributed by atoms with Gasteiger partial charge in [0.2, 0.25) is 0 Å². The Balaban J connectivity index is 0.00000192. The van der Waals surface area contributed by atoms with Gasteiger partial charge in [-0.3, -0.25) is 4.79 Å². The number of carbonyl (C=O) groups excluding carboxylic acids is 1. The predicted molar refractivity (Wildman–Crippen MR) is 92.8 cm³/mol. The fourth-order valence-corrected chi connectivity index (χ4v) is 2.70. The van der Waals surface area contributed by atoms with Gasteiger partial charge in [0.25, 0.3) is 5.91 Å². The van der Waals surface area contributed by atoms with Crippen molar-refractivity contribution in [3.05, 3.63) is 40.1 Å². The standard InChI is InChI=1S/C14H15Cl2N5O.ClH/c15-11-2-1-9(7-12(11)16)18-14(22)13-8-21(20-19-13)10-3-5-17-6-4-10;/h1-2,7-8,10,17H,3-6H2,(H,18,22);1H. The number of amides is 1. The summed E-state index contributed by atoms with van der Waals surface area (Å²) in [5.41, 5.74) is 0.848. The summed E-state index contributed by atoms with van der Waals surface area (Å²) in [6, 6.07) is 5.20. The summed E-state index contributed by atoms with van der Waals surface area (Å²) in [4.78, 5) is 12.2. The Labute approximate surface area is 149 Å². The Kier molecular flexibility index (Phi) is 6.24. The molecule has 0 bridgehead atoms. The van der Waals surface area contributed by atoms with Gasteiger partial charge in [0.05, 0.1) is 22.3 Å². The van der Waals surface area contributed by atoms with Gasteiger partial charge in [0, 0.05) is 5.69 Å². The molecule has 1 aromatic carbocycles. The zero-order valence-corrected chi connectivity index (χ0v) is 14.5. The molecule has 0 aliphatic carbocycles. The molecule has 1 amide bonds. The van der Waals surface area contributed by atoms with Gasteiger partial charge in [-0.1, -0.05) is 28.4 Å². The molecule has 0 atom stereocenters. The zero-order chi connectivity index (χ0) is 15.5. The lowest BCUT2D eigenvalue weighted by Gasteiger charge is -2.22. The molecule has 1 aliphatic heterocycles. The molecule has 124 valence electrons. The lowest BCUT2D eigenvalue weighted by molar-refractivity contribution is 0.102. The SMILES string of the molecule is Cl.O=C(Nc1ccc(Cl)c(Cl)c1)c1cn(C2CCNCC2)nn1. The van der Waals surface area contributed by atoms with E-state index in [1.807, 2.05) is 0 Å². The Morgan fingerprint density at radius 2 is 2.00 bits per heavy atom. The minimum Gasteiger partial charge on any atom is -0.320 e. The van der Waals surface area contributed by atoms with Crippen molar-refractivity contribution < 1.29 is 4.79 Å². The fraction of sp³-hybridized carbons (Fsp3) is 0.357. The van der Waals surface area contributed by atoms with Crippen LogP contribution in [0.5, 0.6) is 0 Å². The average Bonchev–Trinajstić information content (AvgIpc) is 3.02. The van der Waals surface area contributed by atoms with Crippen molar-refractivity contribution in [1.82, 2.24) is 20.3 Å². The van der Waals surface area contributed by atoms with Gasteiger partial charge < -0.3 is 10.6 Å². The van der Waals surface area contributed by atoms with Crippen LogP contribution in [-0.2, 0) is 0 Å². The van der Waals surface area contributed by atoms with Crippen molar-refractivity contribution in [2.24, 2.45) is 0 Å². The molecule has 0 unspecified atom stereocenters. The summed E-state index contributed by atoms with van der Waals surface area (Å²) in [5, 5.41) is 14.9. The highest BCUT2D eigenvalue weighted by molar-refractivity contribution is 6.42. The van der Waals surface area contributed by atoms with E-state index in [-0.39, 0.29) is 24.0 Å². The van der Waals surface area contributed by atoms with Crippen LogP contribution in [0, 0.1) is 0 Å². The number of nitrogens with one attached hydrogen (secondary N) is 2. The number of halogens is 3. The summed E-state index contributed by atoms with van der Waals surface area (Å²) in [7, 11) is 0. The van der Waals surface area contributed by atoms with Crippen LogP contribution in [0.15, 0.2) is 24.4 Å². The highest BCUT2D eigenvalue weighted by Crippen LogP contribution is 2.25. The Morgan fingerprint density at radius 3 is 2.70 bits per heavy atom. The molecule has 9 heteroatoms. The molecule has 0 spiro atoms. The van der Waals surface area contributed by atoms with Gasteiger partial charge in [0.1, 0.15) is 0 Å². The zero-order valence-electron chi connectivity index (χ0n) is 12.1. The van der Waals surface area contributed by atoms with Crippen LogP contribution in [0.2, 0.25) is 10.0 Å².